The normalized spacial score (nSPS) is 17.4. The van der Waals surface area contributed by atoms with Gasteiger partial charge in [0.1, 0.15) is 0 Å². The van der Waals surface area contributed by atoms with E-state index in [1.54, 1.807) is 0 Å². The van der Waals surface area contributed by atoms with Crippen molar-refractivity contribution < 1.29 is 0 Å². The van der Waals surface area contributed by atoms with Crippen LogP contribution in [0.15, 0.2) is 18.5 Å². The van der Waals surface area contributed by atoms with E-state index in [4.69, 9.17) is 0 Å². The highest BCUT2D eigenvalue weighted by Gasteiger charge is 2.17. The third-order valence-electron chi connectivity index (χ3n) is 3.42. The Hall–Kier alpha value is -1.13. The van der Waals surface area contributed by atoms with Gasteiger partial charge in [-0.3, -0.25) is 4.98 Å². The second-order valence-electron chi connectivity index (χ2n) is 4.46. The Labute approximate surface area is 104 Å². The lowest BCUT2D eigenvalue weighted by molar-refractivity contribution is 0.271. The third-order valence-corrected chi connectivity index (χ3v) is 3.42. The van der Waals surface area contributed by atoms with Crippen molar-refractivity contribution in [3.63, 3.8) is 0 Å². The molecule has 1 fully saturated rings. The van der Waals surface area contributed by atoms with Crippen LogP contribution in [0.4, 0.5) is 5.69 Å². The van der Waals surface area contributed by atoms with Crippen LogP contribution in [0.25, 0.3) is 0 Å². The Morgan fingerprint density at radius 2 is 2.06 bits per heavy atom. The monoisotopic (exact) mass is 234 g/mol. The first-order chi connectivity index (χ1) is 8.35. The molecular formula is C13H22N4. The van der Waals surface area contributed by atoms with Crippen molar-refractivity contribution in [2.45, 2.75) is 13.5 Å². The predicted octanol–water partition coefficient (Wildman–Crippen LogP) is 0.943. The van der Waals surface area contributed by atoms with Gasteiger partial charge in [0.25, 0.3) is 0 Å². The second kappa shape index (κ2) is 5.98. The number of hydrogen-bond acceptors (Lipinski definition) is 4. The van der Waals surface area contributed by atoms with Gasteiger partial charge in [-0.1, -0.05) is 6.92 Å². The summed E-state index contributed by atoms with van der Waals surface area (Å²) < 4.78 is 0. The van der Waals surface area contributed by atoms with E-state index < -0.39 is 0 Å². The molecule has 1 aromatic heterocycles. The van der Waals surface area contributed by atoms with E-state index in [1.165, 1.54) is 11.3 Å². The molecule has 17 heavy (non-hydrogen) atoms. The maximum Gasteiger partial charge on any atom is 0.0599 e. The molecule has 0 atom stereocenters. The van der Waals surface area contributed by atoms with Gasteiger partial charge in [-0.05, 0) is 25.2 Å². The maximum atomic E-state index is 4.26. The van der Waals surface area contributed by atoms with Crippen LogP contribution in [0, 0.1) is 0 Å². The number of piperazine rings is 1. The lowest BCUT2D eigenvalue weighted by Crippen LogP contribution is -2.46. The van der Waals surface area contributed by atoms with Crippen LogP contribution in [-0.2, 0) is 6.54 Å². The van der Waals surface area contributed by atoms with E-state index in [0.717, 1.165) is 39.3 Å². The minimum atomic E-state index is 0.909. The summed E-state index contributed by atoms with van der Waals surface area (Å²) in [4.78, 5) is 9.20. The van der Waals surface area contributed by atoms with Gasteiger partial charge in [0.05, 0.1) is 11.9 Å². The molecule has 1 aliphatic heterocycles. The van der Waals surface area contributed by atoms with Crippen molar-refractivity contribution >= 4 is 5.69 Å². The van der Waals surface area contributed by atoms with Crippen LogP contribution in [0.3, 0.4) is 0 Å². The Morgan fingerprint density at radius 3 is 2.71 bits per heavy atom. The lowest BCUT2D eigenvalue weighted by atomic mass is 10.2. The summed E-state index contributed by atoms with van der Waals surface area (Å²) >= 11 is 0. The van der Waals surface area contributed by atoms with Gasteiger partial charge >= 0.3 is 0 Å². The summed E-state index contributed by atoms with van der Waals surface area (Å²) in [6, 6.07) is 2.11. The molecule has 1 aromatic rings. The van der Waals surface area contributed by atoms with Crippen molar-refractivity contribution in [2.75, 3.05) is 44.7 Å². The molecule has 0 aromatic carbocycles. The van der Waals surface area contributed by atoms with E-state index in [9.17, 15) is 0 Å². The van der Waals surface area contributed by atoms with E-state index in [0.29, 0.717) is 0 Å². The number of hydrogen-bond donors (Lipinski definition) is 1. The summed E-state index contributed by atoms with van der Waals surface area (Å²) in [7, 11) is 1.99. The average molecular weight is 234 g/mol. The van der Waals surface area contributed by atoms with Crippen molar-refractivity contribution in [3.05, 3.63) is 24.0 Å². The highest BCUT2D eigenvalue weighted by Crippen LogP contribution is 2.20. The van der Waals surface area contributed by atoms with E-state index in [2.05, 4.69) is 33.1 Å². The van der Waals surface area contributed by atoms with Gasteiger partial charge in [-0.15, -0.1) is 0 Å². The Bertz CT molecular complexity index is 345. The smallest absolute Gasteiger partial charge is 0.0599 e. The largest absolute Gasteiger partial charge is 0.367 e. The average Bonchev–Trinajstić information content (AvgIpc) is 2.40. The van der Waals surface area contributed by atoms with Crippen LogP contribution in [0.2, 0.25) is 0 Å². The molecule has 0 saturated carbocycles. The number of aromatic nitrogens is 1. The molecule has 4 heteroatoms. The number of nitrogens with zero attached hydrogens (tertiary/aromatic N) is 3. The highest BCUT2D eigenvalue weighted by molar-refractivity contribution is 5.52. The number of pyridine rings is 1. The zero-order valence-electron chi connectivity index (χ0n) is 10.8. The molecule has 0 unspecified atom stereocenters. The fourth-order valence-corrected chi connectivity index (χ4v) is 2.34. The van der Waals surface area contributed by atoms with E-state index in [-0.39, 0.29) is 0 Å². The summed E-state index contributed by atoms with van der Waals surface area (Å²) in [5, 5.41) is 3.22. The molecule has 1 saturated heterocycles. The zero-order valence-corrected chi connectivity index (χ0v) is 10.8. The van der Waals surface area contributed by atoms with Crippen LogP contribution in [-0.4, -0.2) is 49.7 Å². The minimum absolute atomic E-state index is 0.909. The topological polar surface area (TPSA) is 31.4 Å². The van der Waals surface area contributed by atoms with Crippen LogP contribution in [0.1, 0.15) is 12.5 Å². The number of likely N-dealkylation sites (N-methyl/N-ethyl adjacent to an activating group) is 1. The first-order valence-electron chi connectivity index (χ1n) is 6.40. The van der Waals surface area contributed by atoms with Gasteiger partial charge in [0.2, 0.25) is 0 Å². The molecule has 2 rings (SSSR count). The first kappa shape index (κ1) is 12.3. The summed E-state index contributed by atoms with van der Waals surface area (Å²) in [5.74, 6) is 0. The standard InChI is InChI=1S/C13H22N4/c1-3-16-6-8-17(9-7-16)13-11-15-5-4-12(13)10-14-2/h4-5,11,14H,3,6-10H2,1-2H3. The maximum absolute atomic E-state index is 4.26. The summed E-state index contributed by atoms with van der Waals surface area (Å²) in [6.45, 7) is 8.82. The Morgan fingerprint density at radius 1 is 1.29 bits per heavy atom. The summed E-state index contributed by atoms with van der Waals surface area (Å²) in [5.41, 5.74) is 2.63. The number of rotatable bonds is 4. The quantitative estimate of drug-likeness (QED) is 0.840. The Balaban J connectivity index is 2.07. The minimum Gasteiger partial charge on any atom is -0.367 e. The fourth-order valence-electron chi connectivity index (χ4n) is 2.34. The van der Waals surface area contributed by atoms with Crippen LogP contribution < -0.4 is 10.2 Å². The molecule has 0 aliphatic carbocycles. The number of anilines is 1. The van der Waals surface area contributed by atoms with Gasteiger partial charge in [0.15, 0.2) is 0 Å². The van der Waals surface area contributed by atoms with Crippen molar-refractivity contribution in [1.82, 2.24) is 15.2 Å². The Kier molecular flexibility index (Phi) is 4.34. The third kappa shape index (κ3) is 2.96. The lowest BCUT2D eigenvalue weighted by Gasteiger charge is -2.36. The van der Waals surface area contributed by atoms with Gasteiger partial charge in [-0.25, -0.2) is 0 Å². The van der Waals surface area contributed by atoms with Crippen LogP contribution >= 0.6 is 0 Å². The highest BCUT2D eigenvalue weighted by atomic mass is 15.3. The van der Waals surface area contributed by atoms with Crippen molar-refractivity contribution in [3.8, 4) is 0 Å². The molecule has 0 radical (unpaired) electrons. The number of nitrogens with one attached hydrogen (secondary N) is 1. The molecule has 0 spiro atoms. The SMILES string of the molecule is CCN1CCN(c2cnccc2CNC)CC1. The van der Waals surface area contributed by atoms with Crippen molar-refractivity contribution in [2.24, 2.45) is 0 Å². The van der Waals surface area contributed by atoms with E-state index >= 15 is 0 Å². The predicted molar refractivity (Wildman–Crippen MR) is 71.3 cm³/mol. The second-order valence-corrected chi connectivity index (χ2v) is 4.46. The molecule has 94 valence electrons. The van der Waals surface area contributed by atoms with Crippen molar-refractivity contribution in [1.29, 1.82) is 0 Å². The fraction of sp³-hybridized carbons (Fsp3) is 0.615. The molecule has 0 amide bonds. The van der Waals surface area contributed by atoms with Crippen LogP contribution in [0.5, 0.6) is 0 Å². The first-order valence-corrected chi connectivity index (χ1v) is 6.40. The van der Waals surface area contributed by atoms with E-state index in [1.807, 2.05) is 19.4 Å². The van der Waals surface area contributed by atoms with Gasteiger partial charge in [-0.2, -0.15) is 0 Å². The zero-order chi connectivity index (χ0) is 12.1. The molecular weight excluding hydrogens is 212 g/mol. The molecule has 0 bridgehead atoms. The molecule has 1 N–H and O–H groups in total. The molecule has 2 heterocycles. The molecule has 1 aliphatic rings. The summed E-state index contributed by atoms with van der Waals surface area (Å²) in [6.07, 6.45) is 3.87. The van der Waals surface area contributed by atoms with Gasteiger partial charge in [0, 0.05) is 38.9 Å². The molecule has 4 nitrogen and oxygen atoms in total. The van der Waals surface area contributed by atoms with Gasteiger partial charge < -0.3 is 15.1 Å².